The first-order chi connectivity index (χ1) is 20.6. The first-order valence-electron chi connectivity index (χ1n) is 17.2. The van der Waals surface area contributed by atoms with Gasteiger partial charge in [-0.05, 0) is 126 Å². The highest BCUT2D eigenvalue weighted by atomic mass is 32.2. The molecule has 1 aromatic carbocycles. The van der Waals surface area contributed by atoms with E-state index in [1.807, 2.05) is 12.1 Å². The van der Waals surface area contributed by atoms with Gasteiger partial charge in [-0.25, -0.2) is 13.2 Å². The van der Waals surface area contributed by atoms with Gasteiger partial charge in [0.05, 0.1) is 23.7 Å². The molecule has 4 fully saturated rings. The molecule has 0 saturated heterocycles. The molecular weight excluding hydrogens is 570 g/mol. The summed E-state index contributed by atoms with van der Waals surface area (Å²) >= 11 is 0. The zero-order chi connectivity index (χ0) is 31.8. The number of carboxylic acid groups (broad SMARTS) is 1. The Kier molecular flexibility index (Phi) is 8.02. The van der Waals surface area contributed by atoms with Crippen LogP contribution in [0.1, 0.15) is 115 Å². The van der Waals surface area contributed by atoms with E-state index >= 15 is 0 Å². The molecule has 3 N–H and O–H groups in total. The molecule has 8 atom stereocenters. The molecule has 0 bridgehead atoms. The molecule has 0 amide bonds. The summed E-state index contributed by atoms with van der Waals surface area (Å²) in [4.78, 5) is 11.5. The monoisotopic (exact) mass is 625 g/mol. The largest absolute Gasteiger partial charge is 0.478 e. The van der Waals surface area contributed by atoms with Gasteiger partial charge in [0.1, 0.15) is 0 Å². The minimum atomic E-state index is -3.22. The Morgan fingerprint density at radius 1 is 0.864 bits per heavy atom. The maximum absolute atomic E-state index is 12.3. The lowest BCUT2D eigenvalue weighted by Crippen LogP contribution is -2.67. The molecule has 7 unspecified atom stereocenters. The number of fused-ring (bicyclic) bond motifs is 7. The summed E-state index contributed by atoms with van der Waals surface area (Å²) < 4.78 is 24.7. The Labute approximate surface area is 265 Å². The van der Waals surface area contributed by atoms with Crippen molar-refractivity contribution in [1.82, 2.24) is 5.32 Å². The van der Waals surface area contributed by atoms with Gasteiger partial charge in [-0.2, -0.15) is 0 Å². The number of nitrogens with one attached hydrogen (secondary N) is 1. The van der Waals surface area contributed by atoms with E-state index in [1.165, 1.54) is 50.5 Å². The van der Waals surface area contributed by atoms with Crippen molar-refractivity contribution in [2.45, 2.75) is 104 Å². The molecule has 7 heteroatoms. The zero-order valence-electron chi connectivity index (χ0n) is 27.6. The third kappa shape index (κ3) is 4.76. The number of sulfone groups is 1. The summed E-state index contributed by atoms with van der Waals surface area (Å²) in [5.74, 6) is 1.59. The van der Waals surface area contributed by atoms with E-state index < -0.39 is 15.8 Å². The molecule has 6 rings (SSSR count). The third-order valence-corrected chi connectivity index (χ3v) is 16.3. The van der Waals surface area contributed by atoms with Crippen LogP contribution in [0.25, 0.3) is 5.57 Å². The third-order valence-electron chi connectivity index (χ3n) is 14.7. The number of allylic oxidation sites excluding steroid dienone is 2. The van der Waals surface area contributed by atoms with Crippen LogP contribution in [0.2, 0.25) is 0 Å². The van der Waals surface area contributed by atoms with Gasteiger partial charge in [0, 0.05) is 12.1 Å². The summed E-state index contributed by atoms with van der Waals surface area (Å²) in [6.45, 7) is 12.9. The minimum absolute atomic E-state index is 0.00424. The molecule has 5 aliphatic rings. The van der Waals surface area contributed by atoms with E-state index in [2.05, 4.69) is 46.0 Å². The van der Waals surface area contributed by atoms with Gasteiger partial charge in [-0.15, -0.1) is 0 Å². The van der Waals surface area contributed by atoms with Crippen molar-refractivity contribution in [2.75, 3.05) is 24.7 Å². The van der Waals surface area contributed by atoms with Crippen LogP contribution in [-0.4, -0.2) is 54.8 Å². The normalized spacial score (nSPS) is 41.1. The molecule has 6 nitrogen and oxygen atoms in total. The zero-order valence-corrected chi connectivity index (χ0v) is 28.4. The Balaban J connectivity index is 1.26. The van der Waals surface area contributed by atoms with Gasteiger partial charge < -0.3 is 15.5 Å². The predicted molar refractivity (Wildman–Crippen MR) is 176 cm³/mol. The fourth-order valence-electron chi connectivity index (χ4n) is 12.5. The van der Waals surface area contributed by atoms with E-state index in [4.69, 9.17) is 5.11 Å². The van der Waals surface area contributed by atoms with Gasteiger partial charge in [0.2, 0.25) is 0 Å². The molecule has 5 aliphatic carbocycles. The van der Waals surface area contributed by atoms with Crippen molar-refractivity contribution in [3.63, 3.8) is 0 Å². The van der Waals surface area contributed by atoms with Crippen LogP contribution < -0.4 is 5.32 Å². The molecule has 4 saturated carbocycles. The average molecular weight is 626 g/mol. The quantitative estimate of drug-likeness (QED) is 0.288. The van der Waals surface area contributed by atoms with E-state index in [0.29, 0.717) is 35.8 Å². The molecule has 0 heterocycles. The standard InChI is InChI=1S/C37H55NO5S/c1-33(2)27(25-8-10-26(11-9-25)32(40)41)14-17-34(3)30(33)15-18-36(5)31(34)13-12-28-29-7-6-16-37(29,20-19-35(28,36)4)38-21-23-44(42,43)24-22-39/h8-11,14,28-31,38-39H,6-7,12-13,15-24H2,1-5H3,(H,40,41)/t28?,29?,30?,31?,34?,35-,36?,37?/m1/s1. The van der Waals surface area contributed by atoms with Crippen LogP contribution in [-0.2, 0) is 9.84 Å². The smallest absolute Gasteiger partial charge is 0.335 e. The van der Waals surface area contributed by atoms with E-state index in [1.54, 1.807) is 12.1 Å². The van der Waals surface area contributed by atoms with Crippen LogP contribution in [0.4, 0.5) is 0 Å². The van der Waals surface area contributed by atoms with Crippen LogP contribution >= 0.6 is 0 Å². The summed E-state index contributed by atoms with van der Waals surface area (Å²) in [6, 6.07) is 7.50. The van der Waals surface area contributed by atoms with Gasteiger partial charge >= 0.3 is 5.97 Å². The van der Waals surface area contributed by atoms with Gasteiger partial charge in [0.15, 0.2) is 9.84 Å². The molecule has 44 heavy (non-hydrogen) atoms. The predicted octanol–water partition coefficient (Wildman–Crippen LogP) is 6.98. The van der Waals surface area contributed by atoms with Crippen LogP contribution in [0.5, 0.6) is 0 Å². The molecule has 0 radical (unpaired) electrons. The van der Waals surface area contributed by atoms with Gasteiger partial charge in [0.25, 0.3) is 0 Å². The molecular formula is C37H55NO5S. The maximum atomic E-state index is 12.3. The minimum Gasteiger partial charge on any atom is -0.478 e. The number of hydrogen-bond acceptors (Lipinski definition) is 5. The SMILES string of the molecule is CC1(C)C(c2ccc(C(=O)O)cc2)=CCC2(C)C1CCC1(C)C2CCC2C3CCCC3(NCCS(=O)(=O)CCO)CC[C@]21C. The number of aliphatic hydroxyl groups excluding tert-OH is 1. The Bertz CT molecular complexity index is 1420. The highest BCUT2D eigenvalue weighted by Gasteiger charge is 2.69. The number of rotatable bonds is 8. The van der Waals surface area contributed by atoms with Crippen molar-refractivity contribution in [1.29, 1.82) is 0 Å². The number of carboxylic acids is 1. The molecule has 0 aromatic heterocycles. The Morgan fingerprint density at radius 2 is 1.59 bits per heavy atom. The number of aliphatic hydroxyl groups is 1. The second-order valence-corrected chi connectivity index (χ2v) is 18.9. The summed E-state index contributed by atoms with van der Waals surface area (Å²) in [5, 5.41) is 22.4. The van der Waals surface area contributed by atoms with Crippen molar-refractivity contribution >= 4 is 21.4 Å². The first kappa shape index (κ1) is 32.2. The maximum Gasteiger partial charge on any atom is 0.335 e. The molecule has 244 valence electrons. The number of aromatic carboxylic acids is 1. The summed E-state index contributed by atoms with van der Waals surface area (Å²) in [6.07, 6.45) is 14.6. The van der Waals surface area contributed by atoms with Crippen molar-refractivity contribution in [3.05, 3.63) is 41.5 Å². The van der Waals surface area contributed by atoms with Crippen molar-refractivity contribution < 1.29 is 23.4 Å². The second kappa shape index (κ2) is 10.9. The van der Waals surface area contributed by atoms with Crippen LogP contribution in [0.3, 0.4) is 0 Å². The summed E-state index contributed by atoms with van der Waals surface area (Å²) in [7, 11) is -3.22. The molecule has 1 aromatic rings. The summed E-state index contributed by atoms with van der Waals surface area (Å²) in [5.41, 5.74) is 3.70. The molecule has 0 aliphatic heterocycles. The average Bonchev–Trinajstić information content (AvgIpc) is 3.37. The first-order valence-corrected chi connectivity index (χ1v) is 19.1. The van der Waals surface area contributed by atoms with Crippen LogP contribution in [0, 0.1) is 45.3 Å². The lowest BCUT2D eigenvalue weighted by Gasteiger charge is -2.72. The number of hydrogen-bond donors (Lipinski definition) is 3. The van der Waals surface area contributed by atoms with Crippen molar-refractivity contribution in [3.8, 4) is 0 Å². The van der Waals surface area contributed by atoms with Gasteiger partial charge in [-0.3, -0.25) is 0 Å². The van der Waals surface area contributed by atoms with E-state index in [0.717, 1.165) is 24.8 Å². The lowest BCUT2D eigenvalue weighted by atomic mass is 9.33. The van der Waals surface area contributed by atoms with Gasteiger partial charge in [-0.1, -0.05) is 59.2 Å². The highest BCUT2D eigenvalue weighted by molar-refractivity contribution is 7.91. The van der Waals surface area contributed by atoms with Crippen LogP contribution in [0.15, 0.2) is 30.3 Å². The highest BCUT2D eigenvalue weighted by Crippen LogP contribution is 2.76. The topological polar surface area (TPSA) is 104 Å². The Morgan fingerprint density at radius 3 is 2.27 bits per heavy atom. The van der Waals surface area contributed by atoms with E-state index in [9.17, 15) is 18.3 Å². The number of carbonyl (C=O) groups is 1. The lowest BCUT2D eigenvalue weighted by molar-refractivity contribution is -0.216. The fraction of sp³-hybridized carbons (Fsp3) is 0.757. The fourth-order valence-corrected chi connectivity index (χ4v) is 13.4. The second-order valence-electron chi connectivity index (χ2n) is 16.6. The van der Waals surface area contributed by atoms with Crippen molar-refractivity contribution in [2.24, 2.45) is 45.3 Å². The van der Waals surface area contributed by atoms with E-state index in [-0.39, 0.29) is 45.3 Å². The number of benzene rings is 1. The molecule has 0 spiro atoms. The Hall–Kier alpha value is -1.70.